The van der Waals surface area contributed by atoms with E-state index in [1.54, 1.807) is 0 Å². The summed E-state index contributed by atoms with van der Waals surface area (Å²) in [5, 5.41) is 3.42. The summed E-state index contributed by atoms with van der Waals surface area (Å²) in [7, 11) is 0. The van der Waals surface area contributed by atoms with Gasteiger partial charge in [0, 0.05) is 31.8 Å². The van der Waals surface area contributed by atoms with Gasteiger partial charge in [-0.05, 0) is 26.7 Å². The first kappa shape index (κ1) is 13.7. The number of piperazine rings is 1. The van der Waals surface area contributed by atoms with Gasteiger partial charge in [0.25, 0.3) is 5.91 Å². The second-order valence-electron chi connectivity index (χ2n) is 4.71. The van der Waals surface area contributed by atoms with Gasteiger partial charge in [0.15, 0.2) is 0 Å². The Balaban J connectivity index is 0.00000128. The third-order valence-corrected chi connectivity index (χ3v) is 3.07. The summed E-state index contributed by atoms with van der Waals surface area (Å²) >= 11 is 0. The maximum atomic E-state index is 12.1. The van der Waals surface area contributed by atoms with Crippen LogP contribution in [0.1, 0.15) is 26.7 Å². The Morgan fingerprint density at radius 1 is 1.31 bits per heavy atom. The maximum Gasteiger partial charge on any atom is 0.251 e. The largest absolute Gasteiger partial charge is 0.368 e. The number of ether oxygens (including phenoxy) is 1. The van der Waals surface area contributed by atoms with Crippen molar-refractivity contribution < 1.29 is 9.53 Å². The van der Waals surface area contributed by atoms with Gasteiger partial charge in [-0.3, -0.25) is 4.79 Å². The predicted octanol–water partition coefficient (Wildman–Crippen LogP) is 0.796. The molecule has 1 N–H and O–H groups in total. The van der Waals surface area contributed by atoms with Crippen molar-refractivity contribution in [3.63, 3.8) is 0 Å². The molecule has 0 spiro atoms. The van der Waals surface area contributed by atoms with Crippen molar-refractivity contribution >= 4 is 18.3 Å². The Labute approximate surface area is 103 Å². The van der Waals surface area contributed by atoms with Crippen LogP contribution in [0.25, 0.3) is 0 Å². The SMILES string of the molecule is CC1CN(C(=O)[C@@H]2CCCO2)CC(C)N1.Cl. The average Bonchev–Trinajstić information content (AvgIpc) is 2.67. The number of nitrogens with one attached hydrogen (secondary N) is 1. The minimum atomic E-state index is -0.164. The molecule has 2 rings (SSSR count). The number of amides is 1. The standard InChI is InChI=1S/C11H20N2O2.ClH/c1-8-6-13(7-9(2)12-8)11(14)10-4-3-5-15-10;/h8-10,12H,3-7H2,1-2H3;1H/t8?,9?,10-;/m0./s1. The third kappa shape index (κ3) is 3.09. The van der Waals surface area contributed by atoms with Crippen LogP contribution in [-0.4, -0.2) is 48.7 Å². The second kappa shape index (κ2) is 5.84. The number of rotatable bonds is 1. The van der Waals surface area contributed by atoms with E-state index in [0.717, 1.165) is 32.5 Å². The van der Waals surface area contributed by atoms with E-state index in [-0.39, 0.29) is 24.4 Å². The zero-order valence-corrected chi connectivity index (χ0v) is 10.8. The van der Waals surface area contributed by atoms with E-state index in [4.69, 9.17) is 4.74 Å². The van der Waals surface area contributed by atoms with Gasteiger partial charge in [0.2, 0.25) is 0 Å². The van der Waals surface area contributed by atoms with Gasteiger partial charge in [-0.2, -0.15) is 0 Å². The first-order valence-electron chi connectivity index (χ1n) is 5.83. The summed E-state index contributed by atoms with van der Waals surface area (Å²) in [6.07, 6.45) is 1.75. The van der Waals surface area contributed by atoms with Crippen molar-refractivity contribution in [2.75, 3.05) is 19.7 Å². The number of carbonyl (C=O) groups is 1. The van der Waals surface area contributed by atoms with Crippen LogP contribution >= 0.6 is 12.4 Å². The highest BCUT2D eigenvalue weighted by atomic mass is 35.5. The summed E-state index contributed by atoms with van der Waals surface area (Å²) < 4.78 is 5.43. The fourth-order valence-corrected chi connectivity index (χ4v) is 2.48. The van der Waals surface area contributed by atoms with E-state index < -0.39 is 0 Å². The lowest BCUT2D eigenvalue weighted by Gasteiger charge is -2.37. The Kier molecular flexibility index (Phi) is 5.02. The molecule has 0 aromatic rings. The molecular formula is C11H21ClN2O2. The molecule has 0 aromatic carbocycles. The van der Waals surface area contributed by atoms with Crippen molar-refractivity contribution in [3.05, 3.63) is 0 Å². The van der Waals surface area contributed by atoms with Crippen LogP contribution in [0, 0.1) is 0 Å². The van der Waals surface area contributed by atoms with Crippen LogP contribution in [0.3, 0.4) is 0 Å². The van der Waals surface area contributed by atoms with Gasteiger partial charge < -0.3 is 15.0 Å². The number of hydrogen-bond donors (Lipinski definition) is 1. The summed E-state index contributed by atoms with van der Waals surface area (Å²) in [5.41, 5.74) is 0. The zero-order chi connectivity index (χ0) is 10.8. The van der Waals surface area contributed by atoms with Crippen molar-refractivity contribution in [2.24, 2.45) is 0 Å². The maximum absolute atomic E-state index is 12.1. The summed E-state index contributed by atoms with van der Waals surface area (Å²) in [6, 6.07) is 0.776. The highest BCUT2D eigenvalue weighted by Crippen LogP contribution is 2.16. The van der Waals surface area contributed by atoms with Crippen LogP contribution in [-0.2, 0) is 9.53 Å². The number of halogens is 1. The highest BCUT2D eigenvalue weighted by molar-refractivity contribution is 5.85. The first-order chi connectivity index (χ1) is 7.16. The molecule has 16 heavy (non-hydrogen) atoms. The predicted molar refractivity (Wildman–Crippen MR) is 64.9 cm³/mol. The van der Waals surface area contributed by atoms with Crippen LogP contribution in [0.15, 0.2) is 0 Å². The molecule has 2 unspecified atom stereocenters. The minimum absolute atomic E-state index is 0. The molecule has 5 heteroatoms. The molecule has 1 amide bonds. The number of carbonyl (C=O) groups excluding carboxylic acids is 1. The van der Waals surface area contributed by atoms with Crippen molar-refractivity contribution in [1.29, 1.82) is 0 Å². The van der Waals surface area contributed by atoms with Crippen molar-refractivity contribution in [1.82, 2.24) is 10.2 Å². The molecule has 0 saturated carbocycles. The molecule has 94 valence electrons. The molecule has 2 fully saturated rings. The van der Waals surface area contributed by atoms with Crippen molar-refractivity contribution in [2.45, 2.75) is 44.9 Å². The highest BCUT2D eigenvalue weighted by Gasteiger charge is 2.31. The molecule has 0 bridgehead atoms. The Hall–Kier alpha value is -0.320. The normalized spacial score (nSPS) is 34.6. The molecule has 0 radical (unpaired) electrons. The zero-order valence-electron chi connectivity index (χ0n) is 9.94. The molecular weight excluding hydrogens is 228 g/mol. The van der Waals surface area contributed by atoms with Gasteiger partial charge in [-0.15, -0.1) is 12.4 Å². The summed E-state index contributed by atoms with van der Waals surface area (Å²) in [6.45, 7) is 6.59. The topological polar surface area (TPSA) is 41.6 Å². The van der Waals surface area contributed by atoms with Gasteiger partial charge in [0.05, 0.1) is 0 Å². The molecule has 4 nitrogen and oxygen atoms in total. The van der Waals surface area contributed by atoms with Crippen LogP contribution in [0.5, 0.6) is 0 Å². The van der Waals surface area contributed by atoms with Gasteiger partial charge in [0.1, 0.15) is 6.10 Å². The fraction of sp³-hybridized carbons (Fsp3) is 0.909. The monoisotopic (exact) mass is 248 g/mol. The van der Waals surface area contributed by atoms with E-state index in [9.17, 15) is 4.79 Å². The molecule has 2 aliphatic rings. The second-order valence-corrected chi connectivity index (χ2v) is 4.71. The molecule has 2 heterocycles. The lowest BCUT2D eigenvalue weighted by Crippen LogP contribution is -2.57. The van der Waals surface area contributed by atoms with Gasteiger partial charge in [-0.1, -0.05) is 0 Å². The smallest absolute Gasteiger partial charge is 0.251 e. The third-order valence-electron chi connectivity index (χ3n) is 3.07. The van der Waals surface area contributed by atoms with Crippen LogP contribution < -0.4 is 5.32 Å². The van der Waals surface area contributed by atoms with E-state index in [1.807, 2.05) is 4.90 Å². The quantitative estimate of drug-likeness (QED) is 0.746. The molecule has 3 atom stereocenters. The first-order valence-corrected chi connectivity index (χ1v) is 5.83. The summed E-state index contributed by atoms with van der Waals surface area (Å²) in [5.74, 6) is 0.188. The minimum Gasteiger partial charge on any atom is -0.368 e. The lowest BCUT2D eigenvalue weighted by molar-refractivity contribution is -0.142. The molecule has 2 aliphatic heterocycles. The lowest BCUT2D eigenvalue weighted by atomic mass is 10.1. The Morgan fingerprint density at radius 3 is 2.44 bits per heavy atom. The average molecular weight is 249 g/mol. The van der Waals surface area contributed by atoms with E-state index in [0.29, 0.717) is 12.1 Å². The van der Waals surface area contributed by atoms with Crippen molar-refractivity contribution in [3.8, 4) is 0 Å². The number of nitrogens with zero attached hydrogens (tertiary/aromatic N) is 1. The van der Waals surface area contributed by atoms with E-state index in [2.05, 4.69) is 19.2 Å². The van der Waals surface area contributed by atoms with Gasteiger partial charge in [-0.25, -0.2) is 0 Å². The van der Waals surface area contributed by atoms with E-state index >= 15 is 0 Å². The summed E-state index contributed by atoms with van der Waals surface area (Å²) in [4.78, 5) is 14.0. The Morgan fingerprint density at radius 2 is 1.94 bits per heavy atom. The Bertz CT molecular complexity index is 234. The molecule has 0 aromatic heterocycles. The van der Waals surface area contributed by atoms with E-state index in [1.165, 1.54) is 0 Å². The molecule has 0 aliphatic carbocycles. The number of hydrogen-bond acceptors (Lipinski definition) is 3. The van der Waals surface area contributed by atoms with Gasteiger partial charge >= 0.3 is 0 Å². The molecule has 2 saturated heterocycles. The van der Waals surface area contributed by atoms with Crippen LogP contribution in [0.4, 0.5) is 0 Å². The fourth-order valence-electron chi connectivity index (χ4n) is 2.48. The van der Waals surface area contributed by atoms with Crippen LogP contribution in [0.2, 0.25) is 0 Å².